The van der Waals surface area contributed by atoms with Gasteiger partial charge in [0.1, 0.15) is 0 Å². The minimum atomic E-state index is -1.12. The SMILES string of the molecule is CC12C(=O)N(c3ccc(N([O-])O)cc3)C(=O)N1CCc1c2[nH]c2ccccc12. The molecule has 2 aliphatic heterocycles. The zero-order chi connectivity index (χ0) is 19.6. The summed E-state index contributed by atoms with van der Waals surface area (Å²) < 4.78 is 0. The molecule has 8 heteroatoms. The molecule has 1 aromatic heterocycles. The van der Waals surface area contributed by atoms with E-state index in [1.807, 2.05) is 24.3 Å². The van der Waals surface area contributed by atoms with Gasteiger partial charge in [0, 0.05) is 17.4 Å². The Morgan fingerprint density at radius 1 is 1.14 bits per heavy atom. The van der Waals surface area contributed by atoms with E-state index in [9.17, 15) is 14.8 Å². The minimum Gasteiger partial charge on any atom is -0.733 e. The summed E-state index contributed by atoms with van der Waals surface area (Å²) in [6.45, 7) is 2.21. The number of carbonyl (C=O) groups is 2. The third-order valence-corrected chi connectivity index (χ3v) is 5.80. The predicted octanol–water partition coefficient (Wildman–Crippen LogP) is 3.10. The Morgan fingerprint density at radius 3 is 2.57 bits per heavy atom. The van der Waals surface area contributed by atoms with Crippen molar-refractivity contribution in [2.45, 2.75) is 18.9 Å². The number of para-hydroxylation sites is 1. The Kier molecular flexibility index (Phi) is 3.34. The first-order valence-electron chi connectivity index (χ1n) is 8.95. The van der Waals surface area contributed by atoms with Gasteiger partial charge in [0.25, 0.3) is 5.91 Å². The van der Waals surface area contributed by atoms with Crippen LogP contribution < -0.4 is 10.1 Å². The molecule has 28 heavy (non-hydrogen) atoms. The van der Waals surface area contributed by atoms with Gasteiger partial charge in [0.05, 0.1) is 17.1 Å². The van der Waals surface area contributed by atoms with E-state index >= 15 is 0 Å². The smallest absolute Gasteiger partial charge is 0.332 e. The lowest BCUT2D eigenvalue weighted by Crippen LogP contribution is -2.49. The number of urea groups is 1. The zero-order valence-electron chi connectivity index (χ0n) is 15.0. The van der Waals surface area contributed by atoms with E-state index in [1.54, 1.807) is 11.8 Å². The molecule has 3 heterocycles. The van der Waals surface area contributed by atoms with Gasteiger partial charge in [-0.3, -0.25) is 10.0 Å². The maximum atomic E-state index is 13.5. The molecule has 1 fully saturated rings. The number of rotatable bonds is 2. The van der Waals surface area contributed by atoms with Crippen molar-refractivity contribution in [1.29, 1.82) is 0 Å². The molecule has 1 saturated heterocycles. The van der Waals surface area contributed by atoms with Crippen LogP contribution in [0.15, 0.2) is 48.5 Å². The van der Waals surface area contributed by atoms with Crippen LogP contribution in [0.1, 0.15) is 18.2 Å². The molecule has 3 aromatic rings. The molecule has 2 aliphatic rings. The molecule has 2 N–H and O–H groups in total. The van der Waals surface area contributed by atoms with Crippen LogP contribution in [0.4, 0.5) is 16.2 Å². The maximum absolute atomic E-state index is 13.5. The average molecular weight is 377 g/mol. The number of imide groups is 1. The van der Waals surface area contributed by atoms with Crippen molar-refractivity contribution >= 4 is 34.2 Å². The van der Waals surface area contributed by atoms with Gasteiger partial charge in [0.2, 0.25) is 0 Å². The molecule has 2 aromatic carbocycles. The number of benzene rings is 2. The number of hydrogen-bond acceptors (Lipinski definition) is 5. The summed E-state index contributed by atoms with van der Waals surface area (Å²) in [5.74, 6) is -0.347. The van der Waals surface area contributed by atoms with Crippen molar-refractivity contribution in [1.82, 2.24) is 9.88 Å². The molecular weight excluding hydrogens is 360 g/mol. The first-order valence-corrected chi connectivity index (χ1v) is 8.95. The second-order valence-corrected chi connectivity index (χ2v) is 7.21. The van der Waals surface area contributed by atoms with E-state index in [2.05, 4.69) is 4.98 Å². The lowest BCUT2D eigenvalue weighted by molar-refractivity contribution is -0.125. The summed E-state index contributed by atoms with van der Waals surface area (Å²) in [5, 5.41) is 20.8. The molecule has 0 saturated carbocycles. The maximum Gasteiger partial charge on any atom is 0.332 e. The lowest BCUT2D eigenvalue weighted by atomic mass is 9.87. The average Bonchev–Trinajstić information content (AvgIpc) is 3.17. The van der Waals surface area contributed by atoms with Gasteiger partial charge in [-0.15, -0.1) is 0 Å². The summed E-state index contributed by atoms with van der Waals surface area (Å²) in [5.41, 5.74) is 2.01. The van der Waals surface area contributed by atoms with Crippen molar-refractivity contribution in [2.24, 2.45) is 0 Å². The van der Waals surface area contributed by atoms with Crippen molar-refractivity contribution in [3.05, 3.63) is 65.0 Å². The normalized spacial score (nSPS) is 21.2. The van der Waals surface area contributed by atoms with Crippen molar-refractivity contribution in [2.75, 3.05) is 16.7 Å². The van der Waals surface area contributed by atoms with Crippen molar-refractivity contribution < 1.29 is 14.8 Å². The molecule has 0 aliphatic carbocycles. The molecular formula is C20H17N4O4-. The molecule has 5 rings (SSSR count). The summed E-state index contributed by atoms with van der Waals surface area (Å²) in [6, 6.07) is 13.1. The zero-order valence-corrected chi connectivity index (χ0v) is 15.0. The van der Waals surface area contributed by atoms with Gasteiger partial charge in [0.15, 0.2) is 5.54 Å². The fourth-order valence-corrected chi connectivity index (χ4v) is 4.35. The number of H-pyrrole nitrogens is 1. The quantitative estimate of drug-likeness (QED) is 0.528. The number of nitrogens with one attached hydrogen (secondary N) is 1. The highest BCUT2D eigenvalue weighted by Gasteiger charge is 2.58. The van der Waals surface area contributed by atoms with E-state index in [1.165, 1.54) is 24.3 Å². The minimum absolute atomic E-state index is 0.0182. The monoisotopic (exact) mass is 377 g/mol. The standard InChI is InChI=1S/C20H17N4O4/c1-20-17-15(14-4-2-3-5-16(14)21-17)10-11-22(20)19(26)23(18(20)25)12-6-8-13(9-7-12)24(27)28/h2-9,21,27H,10-11H2,1H3/q-1. The summed E-state index contributed by atoms with van der Waals surface area (Å²) in [4.78, 5) is 32.6. The van der Waals surface area contributed by atoms with Crippen LogP contribution >= 0.6 is 0 Å². The first kappa shape index (κ1) is 16.8. The lowest BCUT2D eigenvalue weighted by Gasteiger charge is -2.35. The van der Waals surface area contributed by atoms with Gasteiger partial charge < -0.3 is 20.3 Å². The summed E-state index contributed by atoms with van der Waals surface area (Å²) in [7, 11) is 0. The van der Waals surface area contributed by atoms with Crippen LogP contribution in [0.3, 0.4) is 0 Å². The number of amides is 3. The third-order valence-electron chi connectivity index (χ3n) is 5.80. The number of aromatic nitrogens is 1. The van der Waals surface area contributed by atoms with E-state index in [-0.39, 0.29) is 16.8 Å². The van der Waals surface area contributed by atoms with Gasteiger partial charge in [-0.1, -0.05) is 18.2 Å². The second kappa shape index (κ2) is 5.57. The molecule has 1 unspecified atom stereocenters. The Hall–Kier alpha value is -3.36. The number of fused-ring (bicyclic) bond motifs is 5. The molecule has 8 nitrogen and oxygen atoms in total. The van der Waals surface area contributed by atoms with Gasteiger partial charge in [-0.2, -0.15) is 0 Å². The third kappa shape index (κ3) is 2.01. The number of nitrogens with zero attached hydrogens (tertiary/aromatic N) is 3. The van der Waals surface area contributed by atoms with E-state index in [0.717, 1.165) is 27.1 Å². The number of carbonyl (C=O) groups excluding carboxylic acids is 2. The Bertz CT molecular complexity index is 1120. The van der Waals surface area contributed by atoms with E-state index < -0.39 is 11.6 Å². The van der Waals surface area contributed by atoms with Crippen molar-refractivity contribution in [3.63, 3.8) is 0 Å². The predicted molar refractivity (Wildman–Crippen MR) is 103 cm³/mol. The van der Waals surface area contributed by atoms with Crippen LogP contribution in [-0.2, 0) is 16.8 Å². The fraction of sp³-hybridized carbons (Fsp3) is 0.200. The molecule has 0 radical (unpaired) electrons. The Morgan fingerprint density at radius 2 is 1.86 bits per heavy atom. The summed E-state index contributed by atoms with van der Waals surface area (Å²) >= 11 is 0. The van der Waals surface area contributed by atoms with Gasteiger partial charge >= 0.3 is 6.03 Å². The molecule has 0 spiro atoms. The van der Waals surface area contributed by atoms with Crippen LogP contribution in [0.25, 0.3) is 10.9 Å². The van der Waals surface area contributed by atoms with Crippen LogP contribution in [0.2, 0.25) is 0 Å². The second-order valence-electron chi connectivity index (χ2n) is 7.21. The topological polar surface area (TPSA) is 103 Å². The van der Waals surface area contributed by atoms with Crippen LogP contribution in [-0.4, -0.2) is 33.6 Å². The molecule has 142 valence electrons. The van der Waals surface area contributed by atoms with Gasteiger partial charge in [-0.05, 0) is 49.2 Å². The fourth-order valence-electron chi connectivity index (χ4n) is 4.35. The largest absolute Gasteiger partial charge is 0.733 e. The molecule has 0 bridgehead atoms. The highest BCUT2D eigenvalue weighted by molar-refractivity contribution is 6.23. The van der Waals surface area contributed by atoms with Crippen LogP contribution in [0, 0.1) is 5.21 Å². The Labute approximate surface area is 160 Å². The molecule has 3 amide bonds. The highest BCUT2D eigenvalue weighted by Crippen LogP contribution is 2.45. The van der Waals surface area contributed by atoms with E-state index in [4.69, 9.17) is 5.21 Å². The Balaban J connectivity index is 1.62. The summed E-state index contributed by atoms with van der Waals surface area (Å²) in [6.07, 6.45) is 0.663. The number of anilines is 2. The van der Waals surface area contributed by atoms with Crippen LogP contribution in [0.5, 0.6) is 0 Å². The van der Waals surface area contributed by atoms with E-state index in [0.29, 0.717) is 18.7 Å². The highest BCUT2D eigenvalue weighted by atomic mass is 16.8. The van der Waals surface area contributed by atoms with Crippen molar-refractivity contribution in [3.8, 4) is 0 Å². The molecule has 1 atom stereocenters. The van der Waals surface area contributed by atoms with Gasteiger partial charge in [-0.25, -0.2) is 9.69 Å². The first-order chi connectivity index (χ1) is 13.4. The number of aromatic amines is 1. The number of hydrogen-bond donors (Lipinski definition) is 2.